The zero-order valence-electron chi connectivity index (χ0n) is 8.82. The van der Waals surface area contributed by atoms with Crippen molar-refractivity contribution >= 4 is 11.3 Å². The molecule has 2 aliphatic heterocycles. The van der Waals surface area contributed by atoms with Crippen LogP contribution in [0.3, 0.4) is 0 Å². The second-order valence-electron chi connectivity index (χ2n) is 4.67. The number of thiophene rings is 1. The first kappa shape index (κ1) is 9.82. The van der Waals surface area contributed by atoms with Crippen molar-refractivity contribution in [2.75, 3.05) is 0 Å². The molecule has 3 heterocycles. The fourth-order valence-corrected chi connectivity index (χ4v) is 3.38. The van der Waals surface area contributed by atoms with Crippen LogP contribution in [0.15, 0.2) is 16.8 Å². The molecule has 0 amide bonds. The second kappa shape index (κ2) is 4.24. The highest BCUT2D eigenvalue weighted by Gasteiger charge is 2.33. The highest BCUT2D eigenvalue weighted by Crippen LogP contribution is 2.29. The Morgan fingerprint density at radius 2 is 2.13 bits per heavy atom. The number of nitrogens with one attached hydrogen (secondary N) is 1. The average Bonchev–Trinajstić information content (AvgIpc) is 2.86. The van der Waals surface area contributed by atoms with Gasteiger partial charge in [-0.05, 0) is 48.1 Å². The van der Waals surface area contributed by atoms with Gasteiger partial charge in [0.15, 0.2) is 0 Å². The zero-order chi connectivity index (χ0) is 10.1. The van der Waals surface area contributed by atoms with Crippen molar-refractivity contribution in [2.24, 2.45) is 0 Å². The van der Waals surface area contributed by atoms with E-state index in [0.717, 1.165) is 18.7 Å². The van der Waals surface area contributed by atoms with Gasteiger partial charge in [0.2, 0.25) is 0 Å². The Kier molecular flexibility index (Phi) is 2.77. The van der Waals surface area contributed by atoms with Gasteiger partial charge < -0.3 is 10.1 Å². The molecule has 15 heavy (non-hydrogen) atoms. The van der Waals surface area contributed by atoms with Crippen LogP contribution in [0.25, 0.3) is 0 Å². The van der Waals surface area contributed by atoms with Gasteiger partial charge in [0, 0.05) is 12.1 Å². The SMILES string of the molecule is c1cc(COC2C[C@H]3CC[C@@H](C2)N3)cs1. The molecule has 2 fully saturated rings. The third-order valence-corrected chi connectivity index (χ3v) is 4.23. The summed E-state index contributed by atoms with van der Waals surface area (Å²) >= 11 is 1.75. The molecule has 2 saturated heterocycles. The van der Waals surface area contributed by atoms with Crippen molar-refractivity contribution < 1.29 is 4.74 Å². The predicted molar refractivity (Wildman–Crippen MR) is 62.1 cm³/mol. The van der Waals surface area contributed by atoms with Crippen LogP contribution < -0.4 is 5.32 Å². The lowest BCUT2D eigenvalue weighted by Gasteiger charge is -2.28. The van der Waals surface area contributed by atoms with E-state index in [9.17, 15) is 0 Å². The van der Waals surface area contributed by atoms with E-state index >= 15 is 0 Å². The Balaban J connectivity index is 1.52. The molecule has 0 radical (unpaired) electrons. The van der Waals surface area contributed by atoms with E-state index in [1.807, 2.05) is 0 Å². The van der Waals surface area contributed by atoms with Gasteiger partial charge in [-0.3, -0.25) is 0 Å². The molecule has 0 saturated carbocycles. The minimum atomic E-state index is 0.489. The molecule has 3 rings (SSSR count). The minimum absolute atomic E-state index is 0.489. The molecule has 0 aliphatic carbocycles. The van der Waals surface area contributed by atoms with Gasteiger partial charge >= 0.3 is 0 Å². The highest BCUT2D eigenvalue weighted by atomic mass is 32.1. The quantitative estimate of drug-likeness (QED) is 0.850. The molecule has 3 heteroatoms. The summed E-state index contributed by atoms with van der Waals surface area (Å²) in [5.74, 6) is 0. The normalized spacial score (nSPS) is 34.5. The number of ether oxygens (including phenoxy) is 1. The molecule has 2 bridgehead atoms. The maximum absolute atomic E-state index is 5.97. The Bertz CT molecular complexity index is 299. The van der Waals surface area contributed by atoms with Crippen molar-refractivity contribution in [3.05, 3.63) is 22.4 Å². The van der Waals surface area contributed by atoms with E-state index in [-0.39, 0.29) is 0 Å². The summed E-state index contributed by atoms with van der Waals surface area (Å²) in [7, 11) is 0. The number of fused-ring (bicyclic) bond motifs is 2. The van der Waals surface area contributed by atoms with E-state index in [2.05, 4.69) is 22.1 Å². The molecule has 1 N–H and O–H groups in total. The number of piperidine rings is 1. The summed E-state index contributed by atoms with van der Waals surface area (Å²) < 4.78 is 5.97. The molecule has 1 unspecified atom stereocenters. The molecule has 1 aromatic rings. The Labute approximate surface area is 94.6 Å². The van der Waals surface area contributed by atoms with E-state index in [1.54, 1.807) is 11.3 Å². The lowest BCUT2D eigenvalue weighted by molar-refractivity contribution is 0.00932. The van der Waals surface area contributed by atoms with Gasteiger partial charge in [0.25, 0.3) is 0 Å². The largest absolute Gasteiger partial charge is 0.373 e. The Morgan fingerprint density at radius 1 is 1.33 bits per heavy atom. The molecule has 0 spiro atoms. The first-order chi connectivity index (χ1) is 7.40. The fraction of sp³-hybridized carbons (Fsp3) is 0.667. The van der Waals surface area contributed by atoms with Crippen molar-refractivity contribution in [1.29, 1.82) is 0 Å². The third kappa shape index (κ3) is 2.25. The first-order valence-electron chi connectivity index (χ1n) is 5.79. The van der Waals surface area contributed by atoms with Crippen molar-refractivity contribution in [2.45, 2.75) is 50.5 Å². The number of hydrogen-bond donors (Lipinski definition) is 1. The van der Waals surface area contributed by atoms with Gasteiger partial charge in [-0.25, -0.2) is 0 Å². The first-order valence-corrected chi connectivity index (χ1v) is 6.73. The molecule has 2 aliphatic rings. The molecule has 3 atom stereocenters. The smallest absolute Gasteiger partial charge is 0.0728 e. The summed E-state index contributed by atoms with van der Waals surface area (Å²) in [6, 6.07) is 3.62. The van der Waals surface area contributed by atoms with Crippen LogP contribution in [0.4, 0.5) is 0 Å². The number of rotatable bonds is 3. The maximum atomic E-state index is 5.97. The van der Waals surface area contributed by atoms with Gasteiger partial charge in [-0.15, -0.1) is 0 Å². The lowest BCUT2D eigenvalue weighted by Crippen LogP contribution is -2.41. The average molecular weight is 223 g/mol. The predicted octanol–water partition coefficient (Wildman–Crippen LogP) is 2.55. The standard InChI is InChI=1S/C12H17NOS/c1-2-11-6-12(5-10(1)13-11)14-7-9-3-4-15-8-9/h3-4,8,10-13H,1-2,5-7H2/t10-,11+,12?. The van der Waals surface area contributed by atoms with Crippen molar-refractivity contribution in [3.63, 3.8) is 0 Å². The van der Waals surface area contributed by atoms with Crippen LogP contribution in [0, 0.1) is 0 Å². The summed E-state index contributed by atoms with van der Waals surface area (Å²) in [5.41, 5.74) is 1.32. The Morgan fingerprint density at radius 3 is 2.80 bits per heavy atom. The monoisotopic (exact) mass is 223 g/mol. The van der Waals surface area contributed by atoms with Crippen LogP contribution in [0.5, 0.6) is 0 Å². The fourth-order valence-electron chi connectivity index (χ4n) is 2.73. The van der Waals surface area contributed by atoms with Crippen LogP contribution in [-0.2, 0) is 11.3 Å². The van der Waals surface area contributed by atoms with Crippen LogP contribution in [0.1, 0.15) is 31.2 Å². The second-order valence-corrected chi connectivity index (χ2v) is 5.45. The van der Waals surface area contributed by atoms with Crippen LogP contribution >= 0.6 is 11.3 Å². The third-order valence-electron chi connectivity index (χ3n) is 3.50. The molecular weight excluding hydrogens is 206 g/mol. The van der Waals surface area contributed by atoms with Crippen LogP contribution in [0.2, 0.25) is 0 Å². The minimum Gasteiger partial charge on any atom is -0.373 e. The lowest BCUT2D eigenvalue weighted by atomic mass is 10.0. The molecule has 82 valence electrons. The Hall–Kier alpha value is -0.380. The number of hydrogen-bond acceptors (Lipinski definition) is 3. The summed E-state index contributed by atoms with van der Waals surface area (Å²) in [6.07, 6.45) is 5.61. The zero-order valence-corrected chi connectivity index (χ0v) is 9.63. The maximum Gasteiger partial charge on any atom is 0.0728 e. The molecule has 2 nitrogen and oxygen atoms in total. The van der Waals surface area contributed by atoms with Crippen molar-refractivity contribution in [3.8, 4) is 0 Å². The van der Waals surface area contributed by atoms with Gasteiger partial charge in [-0.2, -0.15) is 11.3 Å². The van der Waals surface area contributed by atoms with Crippen LogP contribution in [-0.4, -0.2) is 18.2 Å². The summed E-state index contributed by atoms with van der Waals surface area (Å²) in [6.45, 7) is 0.799. The van der Waals surface area contributed by atoms with E-state index < -0.39 is 0 Å². The van der Waals surface area contributed by atoms with E-state index in [0.29, 0.717) is 6.10 Å². The highest BCUT2D eigenvalue weighted by molar-refractivity contribution is 7.07. The molecular formula is C12H17NOS. The summed E-state index contributed by atoms with van der Waals surface area (Å²) in [5, 5.41) is 7.93. The van der Waals surface area contributed by atoms with Gasteiger partial charge in [0.1, 0.15) is 0 Å². The molecule has 1 aromatic heterocycles. The van der Waals surface area contributed by atoms with Crippen molar-refractivity contribution in [1.82, 2.24) is 5.32 Å². The van der Waals surface area contributed by atoms with E-state index in [1.165, 1.54) is 31.2 Å². The van der Waals surface area contributed by atoms with Gasteiger partial charge in [-0.1, -0.05) is 0 Å². The van der Waals surface area contributed by atoms with E-state index in [4.69, 9.17) is 4.74 Å². The molecule has 0 aromatic carbocycles. The summed E-state index contributed by atoms with van der Waals surface area (Å²) in [4.78, 5) is 0. The topological polar surface area (TPSA) is 21.3 Å². The van der Waals surface area contributed by atoms with Gasteiger partial charge in [0.05, 0.1) is 12.7 Å².